The Morgan fingerprint density at radius 1 is 1.46 bits per heavy atom. The van der Waals surface area contributed by atoms with Gasteiger partial charge in [0.25, 0.3) is 5.56 Å². The molecule has 0 aromatic carbocycles. The minimum absolute atomic E-state index is 0.226. The van der Waals surface area contributed by atoms with Crippen molar-refractivity contribution in [2.75, 3.05) is 23.7 Å². The van der Waals surface area contributed by atoms with Gasteiger partial charge in [-0.1, -0.05) is 0 Å². The average molecular weight is 180 g/mol. The summed E-state index contributed by atoms with van der Waals surface area (Å²) in [5.41, 5.74) is 5.59. The first-order chi connectivity index (χ1) is 6.29. The van der Waals surface area contributed by atoms with Crippen molar-refractivity contribution in [3.05, 3.63) is 16.7 Å². The van der Waals surface area contributed by atoms with Gasteiger partial charge in [-0.25, -0.2) is 4.98 Å². The maximum absolute atomic E-state index is 11.1. The van der Waals surface area contributed by atoms with Gasteiger partial charge in [-0.3, -0.25) is 4.79 Å². The first kappa shape index (κ1) is 8.10. The number of hydrogen-bond donors (Lipinski definition) is 2. The molecule has 1 aliphatic rings. The van der Waals surface area contributed by atoms with Crippen molar-refractivity contribution in [2.45, 2.75) is 12.8 Å². The third-order valence-electron chi connectivity index (χ3n) is 2.27. The Kier molecular flexibility index (Phi) is 1.92. The standard InChI is InChI=1S/C8H12N4O/c9-6-7(10-5-11-8(6)13)12-3-1-2-4-12/h5H,1-4,9H2,(H,10,11,13). The van der Waals surface area contributed by atoms with Crippen molar-refractivity contribution in [3.8, 4) is 0 Å². The Hall–Kier alpha value is -1.52. The highest BCUT2D eigenvalue weighted by atomic mass is 16.1. The molecule has 0 spiro atoms. The van der Waals surface area contributed by atoms with Gasteiger partial charge in [0.2, 0.25) is 0 Å². The highest BCUT2D eigenvalue weighted by Crippen LogP contribution is 2.19. The van der Waals surface area contributed by atoms with E-state index in [9.17, 15) is 4.79 Å². The van der Waals surface area contributed by atoms with Crippen LogP contribution in [0.3, 0.4) is 0 Å². The Morgan fingerprint density at radius 3 is 2.85 bits per heavy atom. The fourth-order valence-corrected chi connectivity index (χ4v) is 1.58. The Bertz CT molecular complexity index is 353. The fraction of sp³-hybridized carbons (Fsp3) is 0.500. The average Bonchev–Trinajstić information content (AvgIpc) is 2.62. The summed E-state index contributed by atoms with van der Waals surface area (Å²) in [5.74, 6) is 0.626. The number of hydrogen-bond acceptors (Lipinski definition) is 4. The van der Waals surface area contributed by atoms with Gasteiger partial charge in [0.15, 0.2) is 5.82 Å². The molecule has 1 aromatic rings. The molecule has 0 atom stereocenters. The molecule has 2 rings (SSSR count). The van der Waals surface area contributed by atoms with Gasteiger partial charge in [-0.05, 0) is 12.8 Å². The van der Waals surface area contributed by atoms with Crippen LogP contribution in [0, 0.1) is 0 Å². The molecular formula is C8H12N4O. The summed E-state index contributed by atoms with van der Waals surface area (Å²) in [6.45, 7) is 1.89. The number of H-pyrrole nitrogens is 1. The van der Waals surface area contributed by atoms with Crippen LogP contribution >= 0.6 is 0 Å². The Morgan fingerprint density at radius 2 is 2.15 bits per heavy atom. The predicted molar refractivity (Wildman–Crippen MR) is 50.7 cm³/mol. The van der Waals surface area contributed by atoms with Gasteiger partial charge in [0.1, 0.15) is 5.69 Å². The second-order valence-corrected chi connectivity index (χ2v) is 3.16. The minimum Gasteiger partial charge on any atom is -0.391 e. The van der Waals surface area contributed by atoms with E-state index in [1.807, 2.05) is 4.90 Å². The number of aromatic amines is 1. The summed E-state index contributed by atoms with van der Waals surface area (Å²) in [5, 5.41) is 0. The summed E-state index contributed by atoms with van der Waals surface area (Å²) >= 11 is 0. The zero-order chi connectivity index (χ0) is 9.26. The maximum Gasteiger partial charge on any atom is 0.276 e. The molecule has 0 bridgehead atoms. The van der Waals surface area contributed by atoms with E-state index in [0.717, 1.165) is 25.9 Å². The fourth-order valence-electron chi connectivity index (χ4n) is 1.58. The van der Waals surface area contributed by atoms with E-state index in [0.29, 0.717) is 5.82 Å². The van der Waals surface area contributed by atoms with E-state index in [1.165, 1.54) is 6.33 Å². The molecule has 13 heavy (non-hydrogen) atoms. The van der Waals surface area contributed by atoms with Crippen LogP contribution in [0.1, 0.15) is 12.8 Å². The first-order valence-corrected chi connectivity index (χ1v) is 4.37. The molecule has 1 aromatic heterocycles. The molecule has 3 N–H and O–H groups in total. The predicted octanol–water partition coefficient (Wildman–Crippen LogP) is -0.0477. The smallest absolute Gasteiger partial charge is 0.276 e. The molecule has 0 amide bonds. The Labute approximate surface area is 75.6 Å². The van der Waals surface area contributed by atoms with E-state index < -0.39 is 0 Å². The Balaban J connectivity index is 2.39. The van der Waals surface area contributed by atoms with Crippen LogP contribution in [-0.4, -0.2) is 23.1 Å². The van der Waals surface area contributed by atoms with Gasteiger partial charge in [0.05, 0.1) is 6.33 Å². The number of anilines is 2. The normalized spacial score (nSPS) is 16.5. The van der Waals surface area contributed by atoms with Crippen LogP contribution in [0.2, 0.25) is 0 Å². The van der Waals surface area contributed by atoms with E-state index in [2.05, 4.69) is 9.97 Å². The van der Waals surface area contributed by atoms with Crippen LogP contribution < -0.4 is 16.2 Å². The lowest BCUT2D eigenvalue weighted by atomic mass is 10.4. The zero-order valence-corrected chi connectivity index (χ0v) is 7.29. The van der Waals surface area contributed by atoms with E-state index in [1.54, 1.807) is 0 Å². The van der Waals surface area contributed by atoms with Gasteiger partial charge in [-0.2, -0.15) is 0 Å². The zero-order valence-electron chi connectivity index (χ0n) is 7.29. The minimum atomic E-state index is -0.253. The van der Waals surface area contributed by atoms with Crippen LogP contribution in [0.5, 0.6) is 0 Å². The largest absolute Gasteiger partial charge is 0.391 e. The van der Waals surface area contributed by atoms with E-state index in [-0.39, 0.29) is 11.2 Å². The summed E-state index contributed by atoms with van der Waals surface area (Å²) < 4.78 is 0. The number of nitrogens with zero attached hydrogens (tertiary/aromatic N) is 2. The molecule has 1 aliphatic heterocycles. The molecule has 1 fully saturated rings. The molecule has 5 nitrogen and oxygen atoms in total. The number of aromatic nitrogens is 2. The lowest BCUT2D eigenvalue weighted by molar-refractivity contribution is 0.925. The molecular weight excluding hydrogens is 168 g/mol. The number of rotatable bonds is 1. The molecule has 0 unspecified atom stereocenters. The summed E-state index contributed by atoms with van der Waals surface area (Å²) in [6.07, 6.45) is 3.69. The third kappa shape index (κ3) is 1.37. The highest BCUT2D eigenvalue weighted by Gasteiger charge is 2.16. The summed E-state index contributed by atoms with van der Waals surface area (Å²) in [4.78, 5) is 19.7. The van der Waals surface area contributed by atoms with Crippen molar-refractivity contribution >= 4 is 11.5 Å². The van der Waals surface area contributed by atoms with Crippen LogP contribution in [0.4, 0.5) is 11.5 Å². The van der Waals surface area contributed by atoms with Gasteiger partial charge in [-0.15, -0.1) is 0 Å². The molecule has 0 radical (unpaired) electrons. The number of nitrogens with two attached hydrogens (primary N) is 1. The summed E-state index contributed by atoms with van der Waals surface area (Å²) in [6, 6.07) is 0. The molecule has 5 heteroatoms. The maximum atomic E-state index is 11.1. The van der Waals surface area contributed by atoms with Crippen LogP contribution in [0.25, 0.3) is 0 Å². The lowest BCUT2D eigenvalue weighted by Gasteiger charge is -2.16. The first-order valence-electron chi connectivity index (χ1n) is 4.37. The molecule has 2 heterocycles. The SMILES string of the molecule is Nc1c(N2CCCC2)nc[nH]c1=O. The second-order valence-electron chi connectivity index (χ2n) is 3.16. The molecule has 1 saturated heterocycles. The number of nitrogen functional groups attached to an aromatic ring is 1. The van der Waals surface area contributed by atoms with Crippen molar-refractivity contribution < 1.29 is 0 Å². The van der Waals surface area contributed by atoms with Gasteiger partial charge in [0, 0.05) is 13.1 Å². The van der Waals surface area contributed by atoms with Gasteiger partial charge >= 0.3 is 0 Å². The quantitative estimate of drug-likeness (QED) is 0.635. The second kappa shape index (κ2) is 3.08. The van der Waals surface area contributed by atoms with Crippen molar-refractivity contribution in [3.63, 3.8) is 0 Å². The highest BCUT2D eigenvalue weighted by molar-refractivity contribution is 5.61. The molecule has 0 aliphatic carbocycles. The van der Waals surface area contributed by atoms with Crippen molar-refractivity contribution in [1.82, 2.24) is 9.97 Å². The topological polar surface area (TPSA) is 75.0 Å². The molecule has 70 valence electrons. The van der Waals surface area contributed by atoms with Crippen LogP contribution in [-0.2, 0) is 0 Å². The third-order valence-corrected chi connectivity index (χ3v) is 2.27. The van der Waals surface area contributed by atoms with E-state index in [4.69, 9.17) is 5.73 Å². The van der Waals surface area contributed by atoms with Gasteiger partial charge < -0.3 is 15.6 Å². The number of nitrogens with one attached hydrogen (secondary N) is 1. The van der Waals surface area contributed by atoms with Crippen molar-refractivity contribution in [1.29, 1.82) is 0 Å². The van der Waals surface area contributed by atoms with Crippen LogP contribution in [0.15, 0.2) is 11.1 Å². The lowest BCUT2D eigenvalue weighted by Crippen LogP contribution is -2.24. The van der Waals surface area contributed by atoms with Crippen molar-refractivity contribution in [2.24, 2.45) is 0 Å². The summed E-state index contributed by atoms with van der Waals surface area (Å²) in [7, 11) is 0. The van der Waals surface area contributed by atoms with E-state index >= 15 is 0 Å². The molecule has 0 saturated carbocycles. The monoisotopic (exact) mass is 180 g/mol.